The molecule has 2 saturated carbocycles. The number of benzene rings is 1. The summed E-state index contributed by atoms with van der Waals surface area (Å²) in [7, 11) is 0. The molecule has 0 aliphatic heterocycles. The number of halogens is 1. The zero-order valence-corrected chi connectivity index (χ0v) is 14.9. The first kappa shape index (κ1) is 15.4. The van der Waals surface area contributed by atoms with Gasteiger partial charge in [-0.25, -0.2) is 0 Å². The van der Waals surface area contributed by atoms with E-state index >= 15 is 0 Å². The third kappa shape index (κ3) is 2.88. The minimum absolute atomic E-state index is 0.389. The first-order chi connectivity index (χ1) is 10.1. The minimum atomic E-state index is 0.389. The minimum Gasteiger partial charge on any atom is -0.489 e. The maximum absolute atomic E-state index is 6.53. The molecule has 0 N–H and O–H groups in total. The van der Waals surface area contributed by atoms with Crippen LogP contribution in [0, 0.1) is 5.41 Å². The summed E-state index contributed by atoms with van der Waals surface area (Å²) in [5.74, 6) is 1.63. The molecule has 0 heterocycles. The fourth-order valence-corrected chi connectivity index (χ4v) is 5.20. The fraction of sp³-hybridized carbons (Fsp3) is 0.684. The van der Waals surface area contributed by atoms with Crippen LogP contribution in [0.15, 0.2) is 24.3 Å². The van der Waals surface area contributed by atoms with Gasteiger partial charge in [0.25, 0.3) is 0 Å². The van der Waals surface area contributed by atoms with Gasteiger partial charge in [0.15, 0.2) is 0 Å². The van der Waals surface area contributed by atoms with Crippen molar-refractivity contribution in [1.29, 1.82) is 0 Å². The lowest BCUT2D eigenvalue weighted by Crippen LogP contribution is -2.56. The van der Waals surface area contributed by atoms with E-state index in [-0.39, 0.29) is 0 Å². The van der Waals surface area contributed by atoms with Gasteiger partial charge in [0.1, 0.15) is 11.9 Å². The molecule has 2 aliphatic rings. The predicted molar refractivity (Wildman–Crippen MR) is 92.4 cm³/mol. The standard InChI is InChI=1S/C19H27BrO/c1-14(2)15-9-5-6-10-16(15)21-18-13-17(20)19(18)11-7-3-4-8-12-19/h5-6,9-10,14,17-18H,3-4,7-8,11-13H2,1-2H3. The van der Waals surface area contributed by atoms with E-state index in [2.05, 4.69) is 54.0 Å². The van der Waals surface area contributed by atoms with Gasteiger partial charge in [0, 0.05) is 10.2 Å². The Morgan fingerprint density at radius 2 is 1.76 bits per heavy atom. The first-order valence-electron chi connectivity index (χ1n) is 8.53. The van der Waals surface area contributed by atoms with Crippen LogP contribution < -0.4 is 4.74 Å². The Bertz CT molecular complexity index is 474. The fourth-order valence-electron chi connectivity index (χ4n) is 4.10. The van der Waals surface area contributed by atoms with Crippen LogP contribution in [0.3, 0.4) is 0 Å². The number of rotatable bonds is 3. The summed E-state index contributed by atoms with van der Waals surface area (Å²) in [6, 6.07) is 8.59. The Morgan fingerprint density at radius 3 is 2.38 bits per heavy atom. The molecule has 0 amide bonds. The van der Waals surface area contributed by atoms with Crippen LogP contribution in [0.25, 0.3) is 0 Å². The lowest BCUT2D eigenvalue weighted by Gasteiger charge is -2.53. The quantitative estimate of drug-likeness (QED) is 0.601. The molecule has 0 saturated heterocycles. The normalized spacial score (nSPS) is 28.2. The van der Waals surface area contributed by atoms with Gasteiger partial charge in [-0.15, -0.1) is 0 Å². The smallest absolute Gasteiger partial charge is 0.123 e. The average molecular weight is 351 g/mol. The molecule has 1 aromatic carbocycles. The van der Waals surface area contributed by atoms with E-state index in [1.165, 1.54) is 44.1 Å². The summed E-state index contributed by atoms with van der Waals surface area (Å²) in [6.45, 7) is 4.50. The molecule has 0 aromatic heterocycles. The first-order valence-corrected chi connectivity index (χ1v) is 9.45. The molecular weight excluding hydrogens is 324 g/mol. The largest absolute Gasteiger partial charge is 0.489 e. The van der Waals surface area contributed by atoms with Gasteiger partial charge in [-0.1, -0.05) is 73.7 Å². The summed E-state index contributed by atoms with van der Waals surface area (Å²) < 4.78 is 6.53. The van der Waals surface area contributed by atoms with Crippen molar-refractivity contribution in [1.82, 2.24) is 0 Å². The lowest BCUT2D eigenvalue weighted by molar-refractivity contribution is -0.0467. The number of hydrogen-bond acceptors (Lipinski definition) is 1. The van der Waals surface area contributed by atoms with Gasteiger partial charge in [-0.05, 0) is 36.8 Å². The molecule has 21 heavy (non-hydrogen) atoms. The third-order valence-corrected chi connectivity index (χ3v) is 6.82. The maximum Gasteiger partial charge on any atom is 0.123 e. The van der Waals surface area contributed by atoms with Crippen molar-refractivity contribution in [3.63, 3.8) is 0 Å². The molecule has 116 valence electrons. The van der Waals surface area contributed by atoms with Crippen molar-refractivity contribution in [2.45, 2.75) is 75.6 Å². The highest BCUT2D eigenvalue weighted by Gasteiger charge is 2.55. The summed E-state index contributed by atoms with van der Waals surface area (Å²) in [4.78, 5) is 0.652. The molecule has 0 bridgehead atoms. The summed E-state index contributed by atoms with van der Waals surface area (Å²) in [6.07, 6.45) is 9.76. The van der Waals surface area contributed by atoms with Crippen LogP contribution in [-0.2, 0) is 0 Å². The molecule has 2 aliphatic carbocycles. The number of ether oxygens (including phenoxy) is 1. The highest BCUT2D eigenvalue weighted by molar-refractivity contribution is 9.09. The van der Waals surface area contributed by atoms with Gasteiger partial charge in [-0.3, -0.25) is 0 Å². The highest BCUT2D eigenvalue weighted by Crippen LogP contribution is 2.56. The molecule has 1 nitrogen and oxygen atoms in total. The van der Waals surface area contributed by atoms with Gasteiger partial charge in [0.05, 0.1) is 0 Å². The second-order valence-electron chi connectivity index (χ2n) is 7.15. The van der Waals surface area contributed by atoms with Crippen molar-refractivity contribution < 1.29 is 4.74 Å². The van der Waals surface area contributed by atoms with E-state index in [1.54, 1.807) is 0 Å². The van der Waals surface area contributed by atoms with E-state index in [4.69, 9.17) is 4.74 Å². The highest BCUT2D eigenvalue weighted by atomic mass is 79.9. The van der Waals surface area contributed by atoms with Crippen LogP contribution in [0.4, 0.5) is 0 Å². The van der Waals surface area contributed by atoms with Crippen LogP contribution >= 0.6 is 15.9 Å². The lowest BCUT2D eigenvalue weighted by atomic mass is 9.61. The molecule has 1 aromatic rings. The van der Waals surface area contributed by atoms with Crippen molar-refractivity contribution in [3.8, 4) is 5.75 Å². The molecule has 2 atom stereocenters. The second kappa shape index (κ2) is 6.32. The zero-order valence-electron chi connectivity index (χ0n) is 13.3. The Morgan fingerprint density at radius 1 is 1.10 bits per heavy atom. The van der Waals surface area contributed by atoms with E-state index < -0.39 is 0 Å². The van der Waals surface area contributed by atoms with Crippen LogP contribution in [-0.4, -0.2) is 10.9 Å². The Labute approximate surface area is 137 Å². The van der Waals surface area contributed by atoms with Crippen molar-refractivity contribution in [2.75, 3.05) is 0 Å². The van der Waals surface area contributed by atoms with E-state index in [1.807, 2.05) is 0 Å². The van der Waals surface area contributed by atoms with Crippen molar-refractivity contribution in [2.24, 2.45) is 5.41 Å². The third-order valence-electron chi connectivity index (χ3n) is 5.53. The number of hydrogen-bond donors (Lipinski definition) is 0. The van der Waals surface area contributed by atoms with Gasteiger partial charge < -0.3 is 4.74 Å². The number of alkyl halides is 1. The van der Waals surface area contributed by atoms with Crippen molar-refractivity contribution in [3.05, 3.63) is 29.8 Å². The predicted octanol–water partition coefficient (Wildman–Crippen LogP) is 6.07. The van der Waals surface area contributed by atoms with E-state index in [9.17, 15) is 0 Å². The molecular formula is C19H27BrO. The second-order valence-corrected chi connectivity index (χ2v) is 8.25. The van der Waals surface area contributed by atoms with Gasteiger partial charge >= 0.3 is 0 Å². The Balaban J connectivity index is 1.79. The maximum atomic E-state index is 6.53. The van der Waals surface area contributed by atoms with E-state index in [0.717, 1.165) is 12.2 Å². The molecule has 2 fully saturated rings. The van der Waals surface area contributed by atoms with Crippen LogP contribution in [0.1, 0.15) is 70.3 Å². The molecule has 2 unspecified atom stereocenters. The van der Waals surface area contributed by atoms with Crippen LogP contribution in [0.2, 0.25) is 0 Å². The summed E-state index contributed by atoms with van der Waals surface area (Å²) >= 11 is 3.93. The molecule has 1 spiro atoms. The van der Waals surface area contributed by atoms with Gasteiger partial charge in [0.2, 0.25) is 0 Å². The summed E-state index contributed by atoms with van der Waals surface area (Å²) in [5, 5.41) is 0. The zero-order chi connectivity index (χ0) is 14.9. The number of para-hydroxylation sites is 1. The van der Waals surface area contributed by atoms with Crippen LogP contribution in [0.5, 0.6) is 5.75 Å². The Hall–Kier alpha value is -0.500. The van der Waals surface area contributed by atoms with E-state index in [0.29, 0.717) is 22.3 Å². The molecule has 2 heteroatoms. The topological polar surface area (TPSA) is 9.23 Å². The van der Waals surface area contributed by atoms with Gasteiger partial charge in [-0.2, -0.15) is 0 Å². The Kier molecular flexibility index (Phi) is 4.63. The molecule has 3 rings (SSSR count). The monoisotopic (exact) mass is 350 g/mol. The molecule has 0 radical (unpaired) electrons. The summed E-state index contributed by atoms with van der Waals surface area (Å²) in [5.41, 5.74) is 1.74. The van der Waals surface area contributed by atoms with Crippen molar-refractivity contribution >= 4 is 15.9 Å². The SMILES string of the molecule is CC(C)c1ccccc1OC1CC(Br)C12CCCCCC2. The average Bonchev–Trinajstić information content (AvgIpc) is 2.75.